The molecule has 1 atom stereocenters. The highest BCUT2D eigenvalue weighted by molar-refractivity contribution is 5.91. The van der Waals surface area contributed by atoms with Crippen LogP contribution < -0.4 is 15.4 Å². The van der Waals surface area contributed by atoms with E-state index in [1.807, 2.05) is 49.4 Å². The van der Waals surface area contributed by atoms with Crippen LogP contribution in [0.5, 0.6) is 5.75 Å². The summed E-state index contributed by atoms with van der Waals surface area (Å²) in [5.74, 6) is 1.26. The fourth-order valence-electron chi connectivity index (χ4n) is 3.65. The van der Waals surface area contributed by atoms with Gasteiger partial charge < -0.3 is 24.8 Å². The molecule has 2 aromatic carbocycles. The van der Waals surface area contributed by atoms with Gasteiger partial charge in [0.2, 0.25) is 11.8 Å². The van der Waals surface area contributed by atoms with Gasteiger partial charge in [0, 0.05) is 25.4 Å². The van der Waals surface area contributed by atoms with Crippen molar-refractivity contribution in [2.75, 3.05) is 19.0 Å². The summed E-state index contributed by atoms with van der Waals surface area (Å²) in [5, 5.41) is 9.46. The van der Waals surface area contributed by atoms with Crippen molar-refractivity contribution in [1.29, 1.82) is 0 Å². The van der Waals surface area contributed by atoms with E-state index in [0.717, 1.165) is 11.1 Å². The highest BCUT2D eigenvalue weighted by Crippen LogP contribution is 2.28. The van der Waals surface area contributed by atoms with Crippen LogP contribution in [0.25, 0.3) is 0 Å². The number of likely N-dealkylation sites (tertiary alicyclic amines) is 1. The van der Waals surface area contributed by atoms with Gasteiger partial charge in [-0.15, -0.1) is 0 Å². The van der Waals surface area contributed by atoms with Gasteiger partial charge in [0.25, 0.3) is 0 Å². The van der Waals surface area contributed by atoms with Gasteiger partial charge in [-0.3, -0.25) is 4.79 Å². The first-order valence-corrected chi connectivity index (χ1v) is 10.4. The second-order valence-electron chi connectivity index (χ2n) is 7.72. The maximum Gasteiger partial charge on any atom is 0.319 e. The number of benzene rings is 2. The summed E-state index contributed by atoms with van der Waals surface area (Å²) in [4.78, 5) is 30.8. The number of rotatable bonds is 7. The fraction of sp³-hybridized carbons (Fsp3) is 0.304. The van der Waals surface area contributed by atoms with Crippen molar-refractivity contribution >= 4 is 17.6 Å². The molecule has 0 aliphatic carbocycles. The molecule has 0 saturated carbocycles. The highest BCUT2D eigenvalue weighted by Gasteiger charge is 2.33. The molecule has 2 N–H and O–H groups in total. The quantitative estimate of drug-likeness (QED) is 0.590. The Labute approximate surface area is 185 Å². The smallest absolute Gasteiger partial charge is 0.319 e. The number of nitrogens with one attached hydrogen (secondary N) is 2. The molecule has 2 heterocycles. The lowest BCUT2D eigenvalue weighted by molar-refractivity contribution is -0.128. The summed E-state index contributed by atoms with van der Waals surface area (Å²) in [6, 6.07) is 14.9. The van der Waals surface area contributed by atoms with Gasteiger partial charge in [-0.05, 0) is 30.2 Å². The van der Waals surface area contributed by atoms with E-state index >= 15 is 0 Å². The Balaban J connectivity index is 1.31. The number of aromatic nitrogens is 2. The first-order valence-electron chi connectivity index (χ1n) is 10.4. The van der Waals surface area contributed by atoms with E-state index in [-0.39, 0.29) is 24.3 Å². The van der Waals surface area contributed by atoms with E-state index < -0.39 is 6.03 Å². The van der Waals surface area contributed by atoms with Crippen LogP contribution in [-0.2, 0) is 17.9 Å². The average molecular weight is 435 g/mol. The third-order valence-electron chi connectivity index (χ3n) is 5.28. The summed E-state index contributed by atoms with van der Waals surface area (Å²) in [5.41, 5.74) is 2.64. The molecule has 3 amide bonds. The summed E-state index contributed by atoms with van der Waals surface area (Å²) >= 11 is 0. The zero-order chi connectivity index (χ0) is 22.5. The van der Waals surface area contributed by atoms with E-state index in [1.54, 1.807) is 18.1 Å². The lowest BCUT2D eigenvalue weighted by Gasteiger charge is -2.15. The Bertz CT molecular complexity index is 1100. The van der Waals surface area contributed by atoms with Crippen LogP contribution in [0.15, 0.2) is 53.1 Å². The van der Waals surface area contributed by atoms with E-state index in [0.29, 0.717) is 36.8 Å². The Hall–Kier alpha value is -3.88. The molecule has 1 saturated heterocycles. The van der Waals surface area contributed by atoms with Crippen LogP contribution in [0.3, 0.4) is 0 Å². The van der Waals surface area contributed by atoms with Gasteiger partial charge in [0.05, 0.1) is 19.3 Å². The standard InChI is InChI=1S/C23H25N5O4/c1-15-8-9-19(31-2)18(10-15)25-23(30)24-12-20-26-22(27-32-20)17-11-21(29)28(14-17)13-16-6-4-3-5-7-16/h3-10,17H,11-14H2,1-2H3,(H2,24,25,30). The number of aryl methyl sites for hydroxylation is 1. The monoisotopic (exact) mass is 435 g/mol. The van der Waals surface area contributed by atoms with Gasteiger partial charge in [-0.1, -0.05) is 41.6 Å². The third kappa shape index (κ3) is 5.05. The Morgan fingerprint density at radius 3 is 2.84 bits per heavy atom. The van der Waals surface area contributed by atoms with Crippen molar-refractivity contribution in [1.82, 2.24) is 20.4 Å². The van der Waals surface area contributed by atoms with Crippen LogP contribution in [0.1, 0.15) is 35.2 Å². The van der Waals surface area contributed by atoms with Crippen molar-refractivity contribution in [2.45, 2.75) is 32.4 Å². The molecule has 9 heteroatoms. The van der Waals surface area contributed by atoms with Crippen LogP contribution in [-0.4, -0.2) is 40.6 Å². The van der Waals surface area contributed by atoms with Gasteiger partial charge in [-0.2, -0.15) is 4.98 Å². The van der Waals surface area contributed by atoms with Crippen molar-refractivity contribution in [3.8, 4) is 5.75 Å². The maximum atomic E-state index is 12.4. The van der Waals surface area contributed by atoms with Crippen LogP contribution in [0.4, 0.5) is 10.5 Å². The highest BCUT2D eigenvalue weighted by atomic mass is 16.5. The molecular formula is C23H25N5O4. The van der Waals surface area contributed by atoms with Gasteiger partial charge in [0.15, 0.2) is 5.82 Å². The first kappa shape index (κ1) is 21.4. The number of urea groups is 1. The number of methoxy groups -OCH3 is 1. The largest absolute Gasteiger partial charge is 0.495 e. The zero-order valence-electron chi connectivity index (χ0n) is 18.0. The molecule has 1 unspecified atom stereocenters. The maximum absolute atomic E-state index is 12.4. The van der Waals surface area contributed by atoms with E-state index in [1.165, 1.54) is 0 Å². The molecule has 0 spiro atoms. The van der Waals surface area contributed by atoms with E-state index in [4.69, 9.17) is 9.26 Å². The fourth-order valence-corrected chi connectivity index (χ4v) is 3.65. The Morgan fingerprint density at radius 1 is 1.25 bits per heavy atom. The minimum atomic E-state index is -0.418. The second-order valence-corrected chi connectivity index (χ2v) is 7.72. The zero-order valence-corrected chi connectivity index (χ0v) is 18.0. The lowest BCUT2D eigenvalue weighted by Crippen LogP contribution is -2.28. The van der Waals surface area contributed by atoms with Gasteiger partial charge in [0.1, 0.15) is 5.75 Å². The molecule has 1 aromatic heterocycles. The number of carbonyl (C=O) groups is 2. The minimum Gasteiger partial charge on any atom is -0.495 e. The topological polar surface area (TPSA) is 110 Å². The van der Waals surface area contributed by atoms with Gasteiger partial charge >= 0.3 is 6.03 Å². The van der Waals surface area contributed by atoms with Crippen molar-refractivity contribution in [3.05, 3.63) is 71.4 Å². The first-order chi connectivity index (χ1) is 15.5. The molecule has 1 aliphatic heterocycles. The molecule has 166 valence electrons. The van der Waals surface area contributed by atoms with Crippen LogP contribution in [0, 0.1) is 6.92 Å². The van der Waals surface area contributed by atoms with E-state index in [9.17, 15) is 9.59 Å². The number of anilines is 1. The molecule has 0 bridgehead atoms. The second kappa shape index (κ2) is 9.51. The number of ether oxygens (including phenoxy) is 1. The van der Waals surface area contributed by atoms with Crippen molar-refractivity contribution in [2.24, 2.45) is 0 Å². The summed E-state index contributed by atoms with van der Waals surface area (Å²) < 4.78 is 10.5. The molecular weight excluding hydrogens is 410 g/mol. The lowest BCUT2D eigenvalue weighted by atomic mass is 10.1. The summed E-state index contributed by atoms with van der Waals surface area (Å²) in [6.07, 6.45) is 0.340. The van der Waals surface area contributed by atoms with Crippen molar-refractivity contribution < 1.29 is 18.8 Å². The predicted molar refractivity (Wildman–Crippen MR) is 117 cm³/mol. The number of nitrogens with zero attached hydrogens (tertiary/aromatic N) is 3. The average Bonchev–Trinajstić information content (AvgIpc) is 3.40. The van der Waals surface area contributed by atoms with E-state index in [2.05, 4.69) is 20.8 Å². The number of amides is 3. The van der Waals surface area contributed by atoms with Crippen LogP contribution >= 0.6 is 0 Å². The summed E-state index contributed by atoms with van der Waals surface area (Å²) in [6.45, 7) is 3.09. The molecule has 4 rings (SSSR count). The number of carbonyl (C=O) groups excluding carboxylic acids is 2. The predicted octanol–water partition coefficient (Wildman–Crippen LogP) is 3.22. The summed E-state index contributed by atoms with van der Waals surface area (Å²) in [7, 11) is 1.54. The molecule has 9 nitrogen and oxygen atoms in total. The van der Waals surface area contributed by atoms with Crippen LogP contribution in [0.2, 0.25) is 0 Å². The molecule has 3 aromatic rings. The number of hydrogen-bond donors (Lipinski definition) is 2. The Kier molecular flexibility index (Phi) is 6.34. The van der Waals surface area contributed by atoms with Crippen molar-refractivity contribution in [3.63, 3.8) is 0 Å². The SMILES string of the molecule is COc1ccc(C)cc1NC(=O)NCc1nc(C2CC(=O)N(Cc3ccccc3)C2)no1. The number of hydrogen-bond acceptors (Lipinski definition) is 6. The molecule has 0 radical (unpaired) electrons. The third-order valence-corrected chi connectivity index (χ3v) is 5.28. The minimum absolute atomic E-state index is 0.0646. The molecule has 1 aliphatic rings. The molecule has 32 heavy (non-hydrogen) atoms. The normalized spacial score (nSPS) is 15.6. The molecule has 1 fully saturated rings. The Morgan fingerprint density at radius 2 is 2.06 bits per heavy atom. The van der Waals surface area contributed by atoms with Gasteiger partial charge in [-0.25, -0.2) is 4.79 Å².